The SMILES string of the molecule is CNC(=O)C1CN(c2ccc(C#N)c(C(F)(F)F)c2)CCN1C(=O)c1ccc(OC)cc1C. The lowest BCUT2D eigenvalue weighted by molar-refractivity contribution is -0.137. The van der Waals surface area contributed by atoms with E-state index in [-0.39, 0.29) is 31.2 Å². The number of piperazine rings is 1. The number of amides is 2. The van der Waals surface area contributed by atoms with Crippen LogP contribution >= 0.6 is 0 Å². The van der Waals surface area contributed by atoms with Crippen LogP contribution in [0.25, 0.3) is 0 Å². The second-order valence-electron chi connectivity index (χ2n) is 7.59. The summed E-state index contributed by atoms with van der Waals surface area (Å²) in [4.78, 5) is 28.9. The van der Waals surface area contributed by atoms with Gasteiger partial charge in [-0.1, -0.05) is 0 Å². The van der Waals surface area contributed by atoms with Gasteiger partial charge >= 0.3 is 6.18 Å². The molecule has 33 heavy (non-hydrogen) atoms. The molecule has 1 heterocycles. The Labute approximate surface area is 189 Å². The molecule has 7 nitrogen and oxygen atoms in total. The number of benzene rings is 2. The monoisotopic (exact) mass is 460 g/mol. The minimum Gasteiger partial charge on any atom is -0.497 e. The Balaban J connectivity index is 1.91. The molecule has 3 rings (SSSR count). The van der Waals surface area contributed by atoms with Gasteiger partial charge < -0.3 is 19.9 Å². The molecule has 1 atom stereocenters. The molecule has 0 spiro atoms. The zero-order chi connectivity index (χ0) is 24.3. The molecule has 1 saturated heterocycles. The van der Waals surface area contributed by atoms with Gasteiger partial charge in [0, 0.05) is 37.9 Å². The molecule has 0 saturated carbocycles. The van der Waals surface area contributed by atoms with Crippen molar-refractivity contribution >= 4 is 17.5 Å². The molecule has 1 unspecified atom stereocenters. The first-order valence-electron chi connectivity index (χ1n) is 10.1. The highest BCUT2D eigenvalue weighted by Crippen LogP contribution is 2.35. The van der Waals surface area contributed by atoms with E-state index in [0.29, 0.717) is 16.9 Å². The van der Waals surface area contributed by atoms with Crippen molar-refractivity contribution in [3.63, 3.8) is 0 Å². The van der Waals surface area contributed by atoms with Gasteiger partial charge in [0.2, 0.25) is 5.91 Å². The molecule has 2 aromatic rings. The topological polar surface area (TPSA) is 85.7 Å². The highest BCUT2D eigenvalue weighted by molar-refractivity contribution is 5.99. The van der Waals surface area contributed by atoms with Crippen LogP contribution in [-0.2, 0) is 11.0 Å². The summed E-state index contributed by atoms with van der Waals surface area (Å²) >= 11 is 0. The molecule has 0 radical (unpaired) electrons. The number of methoxy groups -OCH3 is 1. The lowest BCUT2D eigenvalue weighted by Gasteiger charge is -2.41. The number of alkyl halides is 3. The summed E-state index contributed by atoms with van der Waals surface area (Å²) in [5.74, 6) is -0.180. The molecule has 1 aliphatic heterocycles. The second kappa shape index (κ2) is 9.40. The second-order valence-corrected chi connectivity index (χ2v) is 7.59. The largest absolute Gasteiger partial charge is 0.497 e. The first-order chi connectivity index (χ1) is 15.6. The summed E-state index contributed by atoms with van der Waals surface area (Å²) in [6.07, 6.45) is -4.69. The highest BCUT2D eigenvalue weighted by Gasteiger charge is 2.38. The molecule has 1 N–H and O–H groups in total. The van der Waals surface area contributed by atoms with Gasteiger partial charge in [0.25, 0.3) is 5.91 Å². The van der Waals surface area contributed by atoms with Crippen LogP contribution in [0.3, 0.4) is 0 Å². The number of nitrogens with zero attached hydrogens (tertiary/aromatic N) is 3. The van der Waals surface area contributed by atoms with E-state index in [0.717, 1.165) is 12.1 Å². The van der Waals surface area contributed by atoms with Crippen LogP contribution in [0.15, 0.2) is 36.4 Å². The smallest absolute Gasteiger partial charge is 0.417 e. The molecule has 2 amide bonds. The zero-order valence-electron chi connectivity index (χ0n) is 18.4. The Morgan fingerprint density at radius 2 is 1.91 bits per heavy atom. The van der Waals surface area contributed by atoms with Crippen LogP contribution in [0.2, 0.25) is 0 Å². The maximum absolute atomic E-state index is 13.4. The summed E-state index contributed by atoms with van der Waals surface area (Å²) < 4.78 is 45.4. The van der Waals surface area contributed by atoms with Gasteiger partial charge in [-0.15, -0.1) is 0 Å². The Hall–Kier alpha value is -3.74. The number of likely N-dealkylation sites (N-methyl/N-ethyl adjacent to an activating group) is 1. The van der Waals surface area contributed by atoms with Gasteiger partial charge in [0.15, 0.2) is 0 Å². The molecular weight excluding hydrogens is 437 g/mol. The van der Waals surface area contributed by atoms with Crippen molar-refractivity contribution in [1.82, 2.24) is 10.2 Å². The minimum absolute atomic E-state index is 0.00378. The fourth-order valence-electron chi connectivity index (χ4n) is 3.87. The van der Waals surface area contributed by atoms with Crippen LogP contribution in [0.4, 0.5) is 18.9 Å². The molecule has 174 valence electrons. The van der Waals surface area contributed by atoms with Gasteiger partial charge in [0.1, 0.15) is 11.8 Å². The average molecular weight is 460 g/mol. The fourth-order valence-corrected chi connectivity index (χ4v) is 3.87. The van der Waals surface area contributed by atoms with Crippen molar-refractivity contribution in [3.8, 4) is 11.8 Å². The maximum Gasteiger partial charge on any atom is 0.417 e. The summed E-state index contributed by atoms with van der Waals surface area (Å²) in [6, 6.07) is 9.08. The number of nitrogens with one attached hydrogen (secondary N) is 1. The number of hydrogen-bond donors (Lipinski definition) is 1. The zero-order valence-corrected chi connectivity index (χ0v) is 18.4. The number of ether oxygens (including phenoxy) is 1. The normalized spacial score (nSPS) is 16.2. The number of anilines is 1. The number of aryl methyl sites for hydroxylation is 1. The minimum atomic E-state index is -4.69. The van der Waals surface area contributed by atoms with Crippen LogP contribution in [0.5, 0.6) is 5.75 Å². The van der Waals surface area contributed by atoms with E-state index in [1.807, 2.05) is 0 Å². The van der Waals surface area contributed by atoms with E-state index < -0.39 is 29.3 Å². The van der Waals surface area contributed by atoms with Crippen LogP contribution in [0.1, 0.15) is 27.0 Å². The van der Waals surface area contributed by atoms with E-state index in [9.17, 15) is 22.8 Å². The van der Waals surface area contributed by atoms with E-state index in [4.69, 9.17) is 10.00 Å². The van der Waals surface area contributed by atoms with Gasteiger partial charge in [-0.2, -0.15) is 18.4 Å². The van der Waals surface area contributed by atoms with Crippen LogP contribution < -0.4 is 15.0 Å². The van der Waals surface area contributed by atoms with Gasteiger partial charge in [-0.3, -0.25) is 9.59 Å². The molecule has 0 aromatic heterocycles. The van der Waals surface area contributed by atoms with E-state index in [2.05, 4.69) is 5.32 Å². The summed E-state index contributed by atoms with van der Waals surface area (Å²) in [7, 11) is 2.95. The quantitative estimate of drug-likeness (QED) is 0.758. The van der Waals surface area contributed by atoms with Crippen LogP contribution in [-0.4, -0.2) is 56.5 Å². The van der Waals surface area contributed by atoms with E-state index in [1.165, 1.54) is 25.1 Å². The Kier molecular flexibility index (Phi) is 6.81. The summed E-state index contributed by atoms with van der Waals surface area (Å²) in [6.45, 7) is 2.11. The Bertz CT molecular complexity index is 1110. The number of halogens is 3. The molecule has 1 fully saturated rings. The average Bonchev–Trinajstić information content (AvgIpc) is 2.81. The van der Waals surface area contributed by atoms with Crippen molar-refractivity contribution in [2.24, 2.45) is 0 Å². The third-order valence-corrected chi connectivity index (χ3v) is 5.65. The third-order valence-electron chi connectivity index (χ3n) is 5.65. The highest BCUT2D eigenvalue weighted by atomic mass is 19.4. The van der Waals surface area contributed by atoms with Crippen LogP contribution in [0, 0.1) is 18.3 Å². The first-order valence-corrected chi connectivity index (χ1v) is 10.1. The van der Waals surface area contributed by atoms with Crippen molar-refractivity contribution in [3.05, 3.63) is 58.7 Å². The molecule has 2 aromatic carbocycles. The molecule has 1 aliphatic rings. The number of carbonyl (C=O) groups is 2. The molecule has 0 bridgehead atoms. The number of hydrogen-bond acceptors (Lipinski definition) is 5. The molecule has 0 aliphatic carbocycles. The van der Waals surface area contributed by atoms with Gasteiger partial charge in [-0.25, -0.2) is 0 Å². The molecular formula is C23H23F3N4O3. The number of nitriles is 1. The van der Waals surface area contributed by atoms with Crippen molar-refractivity contribution in [2.75, 3.05) is 38.7 Å². The standard InChI is InChI=1S/C23H23F3N4O3/c1-14-10-17(33-3)6-7-18(14)22(32)30-9-8-29(13-20(30)21(31)28-2)16-5-4-15(12-27)19(11-16)23(24,25)26/h4-7,10-11,20H,8-9,13H2,1-3H3,(H,28,31). The molecule has 10 heteroatoms. The first kappa shape index (κ1) is 23.9. The van der Waals surface area contributed by atoms with Crippen molar-refractivity contribution in [2.45, 2.75) is 19.1 Å². The fraction of sp³-hybridized carbons (Fsp3) is 0.348. The predicted octanol–water partition coefficient (Wildman–Crippen LogP) is 2.97. The van der Waals surface area contributed by atoms with Gasteiger partial charge in [0.05, 0.1) is 24.3 Å². The lowest BCUT2D eigenvalue weighted by atomic mass is 10.0. The van der Waals surface area contributed by atoms with E-state index >= 15 is 0 Å². The summed E-state index contributed by atoms with van der Waals surface area (Å²) in [5, 5.41) is 11.5. The maximum atomic E-state index is 13.4. The number of carbonyl (C=O) groups excluding carboxylic acids is 2. The van der Waals surface area contributed by atoms with Crippen molar-refractivity contribution < 1.29 is 27.5 Å². The Morgan fingerprint density at radius 3 is 2.48 bits per heavy atom. The van der Waals surface area contributed by atoms with Crippen molar-refractivity contribution in [1.29, 1.82) is 5.26 Å². The van der Waals surface area contributed by atoms with E-state index in [1.54, 1.807) is 36.1 Å². The Morgan fingerprint density at radius 1 is 1.18 bits per heavy atom. The predicted molar refractivity (Wildman–Crippen MR) is 115 cm³/mol. The summed E-state index contributed by atoms with van der Waals surface area (Å²) in [5.41, 5.74) is -0.192. The lowest BCUT2D eigenvalue weighted by Crippen LogP contribution is -2.60. The van der Waals surface area contributed by atoms with Gasteiger partial charge in [-0.05, 0) is 48.9 Å². The number of rotatable bonds is 4. The third kappa shape index (κ3) is 4.87.